The Hall–Kier alpha value is -2.21. The summed E-state index contributed by atoms with van der Waals surface area (Å²) in [6.45, 7) is 8.16. The van der Waals surface area contributed by atoms with Crippen molar-refractivity contribution in [3.8, 4) is 0 Å². The second-order valence-corrected chi connectivity index (χ2v) is 7.24. The van der Waals surface area contributed by atoms with Crippen LogP contribution < -0.4 is 10.6 Å². The molecule has 1 unspecified atom stereocenters. The lowest BCUT2D eigenvalue weighted by Gasteiger charge is -2.13. The Balaban J connectivity index is 1.78. The summed E-state index contributed by atoms with van der Waals surface area (Å²) in [5.41, 5.74) is 2.62. The predicted octanol–water partition coefficient (Wildman–Crippen LogP) is 3.07. The third kappa shape index (κ3) is 4.89. The number of nitrogens with one attached hydrogen (secondary N) is 2. The van der Waals surface area contributed by atoms with Crippen molar-refractivity contribution in [1.82, 2.24) is 15.6 Å². The minimum absolute atomic E-state index is 0.100. The Morgan fingerprint density at radius 2 is 1.83 bits per heavy atom. The van der Waals surface area contributed by atoms with Crippen LogP contribution in [0, 0.1) is 20.8 Å². The van der Waals surface area contributed by atoms with Gasteiger partial charge in [0.15, 0.2) is 0 Å². The maximum absolute atomic E-state index is 12.0. The smallest absolute Gasteiger partial charge is 0.251 e. The number of nitrogens with zero attached hydrogens (tertiary/aromatic N) is 1. The zero-order valence-electron chi connectivity index (χ0n) is 14.5. The number of carbonyl (C=O) groups excluding carboxylic acids is 2. The molecule has 0 saturated carbocycles. The van der Waals surface area contributed by atoms with Gasteiger partial charge in [0.25, 0.3) is 5.91 Å². The molecular weight excluding hydrogens is 322 g/mol. The van der Waals surface area contributed by atoms with E-state index in [0.29, 0.717) is 12.1 Å². The molecular formula is C18H23N3O2S. The van der Waals surface area contributed by atoms with Gasteiger partial charge in [-0.05, 0) is 39.8 Å². The van der Waals surface area contributed by atoms with E-state index < -0.39 is 0 Å². The number of benzene rings is 1. The molecule has 24 heavy (non-hydrogen) atoms. The Labute approximate surface area is 146 Å². The Morgan fingerprint density at radius 3 is 2.42 bits per heavy atom. The van der Waals surface area contributed by atoms with Crippen LogP contribution in [-0.4, -0.2) is 23.3 Å². The van der Waals surface area contributed by atoms with Crippen LogP contribution in [0.25, 0.3) is 0 Å². The number of aryl methyl sites for hydroxylation is 3. The number of hydrogen-bond donors (Lipinski definition) is 2. The molecule has 1 atom stereocenters. The van der Waals surface area contributed by atoms with Gasteiger partial charge in [-0.25, -0.2) is 4.98 Å². The van der Waals surface area contributed by atoms with Gasteiger partial charge >= 0.3 is 0 Å². The van der Waals surface area contributed by atoms with E-state index in [1.807, 2.05) is 39.8 Å². The fourth-order valence-electron chi connectivity index (χ4n) is 2.43. The first kappa shape index (κ1) is 18.1. The summed E-state index contributed by atoms with van der Waals surface area (Å²) >= 11 is 1.63. The first-order valence-corrected chi connectivity index (χ1v) is 8.76. The minimum atomic E-state index is -0.165. The highest BCUT2D eigenvalue weighted by atomic mass is 32.1. The molecule has 0 aliphatic heterocycles. The third-order valence-electron chi connectivity index (χ3n) is 3.68. The number of aromatic nitrogens is 1. The molecule has 0 bridgehead atoms. The van der Waals surface area contributed by atoms with E-state index in [9.17, 15) is 9.59 Å². The van der Waals surface area contributed by atoms with Crippen molar-refractivity contribution in [2.45, 2.75) is 40.2 Å². The first-order chi connectivity index (χ1) is 11.4. The van der Waals surface area contributed by atoms with Crippen molar-refractivity contribution < 1.29 is 9.59 Å². The van der Waals surface area contributed by atoms with Gasteiger partial charge < -0.3 is 10.6 Å². The lowest BCUT2D eigenvalue weighted by atomic mass is 10.1. The fraction of sp³-hybridized carbons (Fsp3) is 0.389. The van der Waals surface area contributed by atoms with Crippen LogP contribution in [0.5, 0.6) is 0 Å². The summed E-state index contributed by atoms with van der Waals surface area (Å²) in [5.74, 6) is -0.265. The van der Waals surface area contributed by atoms with E-state index in [-0.39, 0.29) is 24.3 Å². The molecule has 2 aromatic rings. The molecule has 0 spiro atoms. The van der Waals surface area contributed by atoms with Gasteiger partial charge in [0.1, 0.15) is 0 Å². The van der Waals surface area contributed by atoms with Crippen LogP contribution in [0.4, 0.5) is 0 Å². The van der Waals surface area contributed by atoms with Crippen molar-refractivity contribution in [2.75, 3.05) is 6.54 Å². The molecule has 0 aliphatic carbocycles. The van der Waals surface area contributed by atoms with Gasteiger partial charge in [0.2, 0.25) is 5.91 Å². The first-order valence-electron chi connectivity index (χ1n) is 7.95. The molecule has 0 radical (unpaired) electrons. The van der Waals surface area contributed by atoms with Crippen LogP contribution >= 0.6 is 11.3 Å². The maximum Gasteiger partial charge on any atom is 0.251 e. The van der Waals surface area contributed by atoms with E-state index in [4.69, 9.17) is 0 Å². The van der Waals surface area contributed by atoms with Gasteiger partial charge in [-0.1, -0.05) is 17.7 Å². The van der Waals surface area contributed by atoms with E-state index in [1.54, 1.807) is 23.5 Å². The number of hydrogen-bond acceptors (Lipinski definition) is 4. The molecule has 128 valence electrons. The quantitative estimate of drug-likeness (QED) is 0.845. The van der Waals surface area contributed by atoms with Gasteiger partial charge in [0, 0.05) is 23.4 Å². The van der Waals surface area contributed by atoms with Gasteiger partial charge in [0.05, 0.1) is 16.7 Å². The largest absolute Gasteiger partial charge is 0.352 e. The molecule has 1 heterocycles. The summed E-state index contributed by atoms with van der Waals surface area (Å²) in [6.07, 6.45) is 0.240. The molecule has 2 N–H and O–H groups in total. The number of rotatable bonds is 6. The number of carbonyl (C=O) groups is 2. The Morgan fingerprint density at radius 1 is 1.17 bits per heavy atom. The normalized spacial score (nSPS) is 11.8. The Bertz CT molecular complexity index is 722. The van der Waals surface area contributed by atoms with E-state index in [2.05, 4.69) is 15.6 Å². The summed E-state index contributed by atoms with van der Waals surface area (Å²) in [5, 5.41) is 6.68. The summed E-state index contributed by atoms with van der Waals surface area (Å²) in [4.78, 5) is 29.6. The second kappa shape index (κ2) is 8.06. The SMILES string of the molecule is Cc1ccc(C(=O)NCCC(=O)NC(C)c2nc(C)sc2C)cc1. The number of amides is 2. The van der Waals surface area contributed by atoms with Crippen molar-refractivity contribution >= 4 is 23.2 Å². The van der Waals surface area contributed by atoms with Gasteiger partial charge in [-0.3, -0.25) is 9.59 Å². The molecule has 6 heteroatoms. The van der Waals surface area contributed by atoms with Crippen LogP contribution in [0.3, 0.4) is 0 Å². The zero-order chi connectivity index (χ0) is 17.7. The van der Waals surface area contributed by atoms with E-state index >= 15 is 0 Å². The van der Waals surface area contributed by atoms with Crippen molar-refractivity contribution in [2.24, 2.45) is 0 Å². The second-order valence-electron chi connectivity index (χ2n) is 5.84. The molecule has 0 fully saturated rings. The monoisotopic (exact) mass is 345 g/mol. The third-order valence-corrected chi connectivity index (χ3v) is 4.58. The minimum Gasteiger partial charge on any atom is -0.352 e. The van der Waals surface area contributed by atoms with Crippen LogP contribution in [0.1, 0.15) is 50.9 Å². The molecule has 1 aromatic heterocycles. The van der Waals surface area contributed by atoms with Crippen molar-refractivity contribution in [3.63, 3.8) is 0 Å². The molecule has 0 aliphatic rings. The van der Waals surface area contributed by atoms with E-state index in [1.165, 1.54) is 0 Å². The average molecular weight is 345 g/mol. The molecule has 2 rings (SSSR count). The lowest BCUT2D eigenvalue weighted by Crippen LogP contribution is -2.32. The zero-order valence-corrected chi connectivity index (χ0v) is 15.3. The predicted molar refractivity (Wildman–Crippen MR) is 96.3 cm³/mol. The van der Waals surface area contributed by atoms with E-state index in [0.717, 1.165) is 21.1 Å². The lowest BCUT2D eigenvalue weighted by molar-refractivity contribution is -0.121. The summed E-state index contributed by atoms with van der Waals surface area (Å²) < 4.78 is 0. The molecule has 5 nitrogen and oxygen atoms in total. The molecule has 2 amide bonds. The van der Waals surface area contributed by atoms with Gasteiger partial charge in [-0.2, -0.15) is 0 Å². The highest BCUT2D eigenvalue weighted by Gasteiger charge is 2.15. The number of thiazole rings is 1. The van der Waals surface area contributed by atoms with Gasteiger partial charge in [-0.15, -0.1) is 11.3 Å². The van der Waals surface area contributed by atoms with Crippen molar-refractivity contribution in [1.29, 1.82) is 0 Å². The Kier molecular flexibility index (Phi) is 6.09. The van der Waals surface area contributed by atoms with Crippen LogP contribution in [0.15, 0.2) is 24.3 Å². The van der Waals surface area contributed by atoms with Crippen LogP contribution in [0.2, 0.25) is 0 Å². The standard InChI is InChI=1S/C18H23N3O2S/c1-11-5-7-15(8-6-11)18(23)19-10-9-16(22)20-12(2)17-13(3)24-14(4)21-17/h5-8,12H,9-10H2,1-4H3,(H,19,23)(H,20,22). The average Bonchev–Trinajstić information content (AvgIpc) is 2.86. The molecule has 1 aromatic carbocycles. The highest BCUT2D eigenvalue weighted by molar-refractivity contribution is 7.11. The highest BCUT2D eigenvalue weighted by Crippen LogP contribution is 2.22. The fourth-order valence-corrected chi connectivity index (χ4v) is 3.34. The maximum atomic E-state index is 12.0. The summed E-state index contributed by atoms with van der Waals surface area (Å²) in [6, 6.07) is 7.21. The topological polar surface area (TPSA) is 71.1 Å². The van der Waals surface area contributed by atoms with Crippen LogP contribution in [-0.2, 0) is 4.79 Å². The van der Waals surface area contributed by atoms with Crippen molar-refractivity contribution in [3.05, 3.63) is 51.0 Å². The summed E-state index contributed by atoms with van der Waals surface area (Å²) in [7, 11) is 0. The molecule has 0 saturated heterocycles.